The minimum Gasteiger partial charge on any atom is -0.0654 e. The molecule has 1 fully saturated rings. The second-order valence-corrected chi connectivity index (χ2v) is 7.90. The molecule has 1 aliphatic rings. The predicted molar refractivity (Wildman–Crippen MR) is 96.7 cm³/mol. The van der Waals surface area contributed by atoms with Gasteiger partial charge in [0.05, 0.1) is 0 Å². The summed E-state index contributed by atoms with van der Waals surface area (Å²) in [6.07, 6.45) is 19.2. The molecule has 0 saturated heterocycles. The topological polar surface area (TPSA) is 0 Å². The third-order valence-corrected chi connectivity index (χ3v) is 6.22. The van der Waals surface area contributed by atoms with Gasteiger partial charge in [-0.25, -0.2) is 0 Å². The Labute approximate surface area is 135 Å². The largest absolute Gasteiger partial charge is 0.0654 e. The van der Waals surface area contributed by atoms with Crippen LogP contribution in [0.1, 0.15) is 111 Å². The van der Waals surface area contributed by atoms with E-state index in [0.717, 1.165) is 23.7 Å². The van der Waals surface area contributed by atoms with Gasteiger partial charge in [-0.1, -0.05) is 98.3 Å². The molecule has 0 N–H and O–H groups in total. The van der Waals surface area contributed by atoms with Gasteiger partial charge >= 0.3 is 0 Å². The first kappa shape index (κ1) is 19.0. The summed E-state index contributed by atoms with van der Waals surface area (Å²) in [6.45, 7) is 9.59. The van der Waals surface area contributed by atoms with Gasteiger partial charge in [-0.3, -0.25) is 0 Å². The molecule has 0 heterocycles. The SMILES string of the molecule is CCCCC1CC(CC)CCCCCC1CCC(C)CC. The Balaban J connectivity index is 2.63. The lowest BCUT2D eigenvalue weighted by atomic mass is 9.76. The molecule has 0 spiro atoms. The molecule has 0 aromatic carbocycles. The van der Waals surface area contributed by atoms with Crippen LogP contribution in [-0.4, -0.2) is 0 Å². The summed E-state index contributed by atoms with van der Waals surface area (Å²) in [5, 5.41) is 0. The lowest BCUT2D eigenvalue weighted by Crippen LogP contribution is -2.19. The Morgan fingerprint density at radius 1 is 0.905 bits per heavy atom. The number of rotatable bonds is 8. The molecule has 21 heavy (non-hydrogen) atoms. The van der Waals surface area contributed by atoms with Crippen molar-refractivity contribution in [2.24, 2.45) is 23.7 Å². The van der Waals surface area contributed by atoms with Crippen LogP contribution in [0.4, 0.5) is 0 Å². The molecule has 0 amide bonds. The molecule has 0 radical (unpaired) electrons. The first-order chi connectivity index (χ1) is 10.2. The van der Waals surface area contributed by atoms with Gasteiger partial charge in [-0.15, -0.1) is 0 Å². The molecule has 0 nitrogen and oxygen atoms in total. The maximum absolute atomic E-state index is 2.45. The minimum atomic E-state index is 0.937. The highest BCUT2D eigenvalue weighted by Gasteiger charge is 2.25. The van der Waals surface area contributed by atoms with E-state index < -0.39 is 0 Å². The van der Waals surface area contributed by atoms with Gasteiger partial charge in [0.2, 0.25) is 0 Å². The van der Waals surface area contributed by atoms with Crippen LogP contribution in [0, 0.1) is 23.7 Å². The van der Waals surface area contributed by atoms with E-state index in [2.05, 4.69) is 27.7 Å². The average molecular weight is 295 g/mol. The van der Waals surface area contributed by atoms with E-state index >= 15 is 0 Å². The lowest BCUT2D eigenvalue weighted by molar-refractivity contribution is 0.211. The van der Waals surface area contributed by atoms with E-state index in [1.54, 1.807) is 6.42 Å². The molecule has 0 aromatic rings. The van der Waals surface area contributed by atoms with Gasteiger partial charge in [0.1, 0.15) is 0 Å². The molecule has 0 heteroatoms. The van der Waals surface area contributed by atoms with Crippen LogP contribution in [0.25, 0.3) is 0 Å². The maximum Gasteiger partial charge on any atom is -0.0383 e. The molecular weight excluding hydrogens is 252 g/mol. The summed E-state index contributed by atoms with van der Waals surface area (Å²) in [7, 11) is 0. The van der Waals surface area contributed by atoms with Gasteiger partial charge in [-0.2, -0.15) is 0 Å². The molecule has 0 aromatic heterocycles. The maximum atomic E-state index is 2.45. The third kappa shape index (κ3) is 7.71. The van der Waals surface area contributed by atoms with Crippen LogP contribution in [0.3, 0.4) is 0 Å². The van der Waals surface area contributed by atoms with Gasteiger partial charge in [0.15, 0.2) is 0 Å². The smallest absolute Gasteiger partial charge is 0.0383 e. The minimum absolute atomic E-state index is 0.937. The van der Waals surface area contributed by atoms with Crippen molar-refractivity contribution in [1.29, 1.82) is 0 Å². The normalized spacial score (nSPS) is 29.4. The van der Waals surface area contributed by atoms with Crippen molar-refractivity contribution in [3.05, 3.63) is 0 Å². The zero-order chi connectivity index (χ0) is 15.5. The van der Waals surface area contributed by atoms with Crippen molar-refractivity contribution in [1.82, 2.24) is 0 Å². The van der Waals surface area contributed by atoms with E-state index in [1.807, 2.05) is 0 Å². The van der Waals surface area contributed by atoms with Crippen LogP contribution >= 0.6 is 0 Å². The van der Waals surface area contributed by atoms with Crippen LogP contribution in [0.2, 0.25) is 0 Å². The average Bonchev–Trinajstić information content (AvgIpc) is 2.60. The summed E-state index contributed by atoms with van der Waals surface area (Å²) < 4.78 is 0. The zero-order valence-corrected chi connectivity index (χ0v) is 15.5. The van der Waals surface area contributed by atoms with Crippen molar-refractivity contribution >= 4 is 0 Å². The quantitative estimate of drug-likeness (QED) is 0.432. The highest BCUT2D eigenvalue weighted by atomic mass is 14.3. The van der Waals surface area contributed by atoms with E-state index in [9.17, 15) is 0 Å². The van der Waals surface area contributed by atoms with Gasteiger partial charge in [0, 0.05) is 0 Å². The molecule has 1 aliphatic carbocycles. The monoisotopic (exact) mass is 294 g/mol. The molecule has 4 atom stereocenters. The fraction of sp³-hybridized carbons (Fsp3) is 1.00. The lowest BCUT2D eigenvalue weighted by Gasteiger charge is -2.30. The summed E-state index contributed by atoms with van der Waals surface area (Å²) in [5.41, 5.74) is 0. The molecular formula is C21H42. The fourth-order valence-electron chi connectivity index (χ4n) is 4.26. The van der Waals surface area contributed by atoms with Crippen LogP contribution in [-0.2, 0) is 0 Å². The Hall–Kier alpha value is 0. The highest BCUT2D eigenvalue weighted by molar-refractivity contribution is 4.76. The van der Waals surface area contributed by atoms with Crippen LogP contribution in [0.5, 0.6) is 0 Å². The molecule has 0 aliphatic heterocycles. The summed E-state index contributed by atoms with van der Waals surface area (Å²) in [6, 6.07) is 0. The Morgan fingerprint density at radius 2 is 1.67 bits per heavy atom. The number of unbranched alkanes of at least 4 members (excludes halogenated alkanes) is 1. The molecule has 1 saturated carbocycles. The third-order valence-electron chi connectivity index (χ3n) is 6.22. The molecule has 0 bridgehead atoms. The number of hydrogen-bond acceptors (Lipinski definition) is 0. The Kier molecular flexibility index (Phi) is 10.5. The zero-order valence-electron chi connectivity index (χ0n) is 15.5. The molecule has 126 valence electrons. The van der Waals surface area contributed by atoms with Crippen LogP contribution in [0.15, 0.2) is 0 Å². The number of hydrogen-bond donors (Lipinski definition) is 0. The molecule has 4 unspecified atom stereocenters. The standard InChI is InChI=1S/C21H42/c1-5-8-13-21-17-19(7-3)12-10-9-11-14-20(21)16-15-18(4)6-2/h18-21H,5-17H2,1-4H3. The predicted octanol–water partition coefficient (Wildman–Crippen LogP) is 7.62. The van der Waals surface area contributed by atoms with Gasteiger partial charge in [0.25, 0.3) is 0 Å². The van der Waals surface area contributed by atoms with Crippen molar-refractivity contribution in [3.63, 3.8) is 0 Å². The first-order valence-corrected chi connectivity index (χ1v) is 10.2. The molecule has 1 rings (SSSR count). The van der Waals surface area contributed by atoms with Crippen molar-refractivity contribution in [2.45, 2.75) is 111 Å². The summed E-state index contributed by atoms with van der Waals surface area (Å²) in [5.74, 6) is 4.04. The highest BCUT2D eigenvalue weighted by Crippen LogP contribution is 2.37. The first-order valence-electron chi connectivity index (χ1n) is 10.2. The van der Waals surface area contributed by atoms with Crippen molar-refractivity contribution in [3.8, 4) is 0 Å². The second kappa shape index (κ2) is 11.6. The van der Waals surface area contributed by atoms with E-state index in [-0.39, 0.29) is 0 Å². The summed E-state index contributed by atoms with van der Waals surface area (Å²) >= 11 is 0. The van der Waals surface area contributed by atoms with Crippen LogP contribution < -0.4 is 0 Å². The van der Waals surface area contributed by atoms with Crippen molar-refractivity contribution < 1.29 is 0 Å². The van der Waals surface area contributed by atoms with Crippen molar-refractivity contribution in [2.75, 3.05) is 0 Å². The van der Waals surface area contributed by atoms with E-state index in [4.69, 9.17) is 0 Å². The van der Waals surface area contributed by atoms with Gasteiger partial charge < -0.3 is 0 Å². The van der Waals surface area contributed by atoms with Gasteiger partial charge in [-0.05, 0) is 36.5 Å². The fourth-order valence-corrected chi connectivity index (χ4v) is 4.26. The summed E-state index contributed by atoms with van der Waals surface area (Å²) in [4.78, 5) is 0. The van der Waals surface area contributed by atoms with E-state index in [1.165, 1.54) is 77.0 Å². The van der Waals surface area contributed by atoms with E-state index in [0.29, 0.717) is 0 Å². The Bertz CT molecular complexity index is 232. The Morgan fingerprint density at radius 3 is 2.33 bits per heavy atom. The second-order valence-electron chi connectivity index (χ2n) is 7.90.